The summed E-state index contributed by atoms with van der Waals surface area (Å²) < 4.78 is 0. The van der Waals surface area contributed by atoms with E-state index < -0.39 is 0 Å². The highest BCUT2D eigenvalue weighted by Gasteiger charge is 1.93. The van der Waals surface area contributed by atoms with Crippen LogP contribution in [0.4, 0.5) is 0 Å². The van der Waals surface area contributed by atoms with Crippen molar-refractivity contribution < 1.29 is 0 Å². The molecule has 0 spiro atoms. The topological polar surface area (TPSA) is 0 Å². The molecule has 0 fully saturated rings. The quantitative estimate of drug-likeness (QED) is 0.398. The van der Waals surface area contributed by atoms with Crippen LogP contribution in [0, 0.1) is 6.08 Å². The zero-order chi connectivity index (χ0) is 15.4. The van der Waals surface area contributed by atoms with Gasteiger partial charge in [-0.2, -0.15) is 0 Å². The van der Waals surface area contributed by atoms with Gasteiger partial charge < -0.3 is 0 Å². The summed E-state index contributed by atoms with van der Waals surface area (Å²) in [5.41, 5.74) is 5.79. The fourth-order valence-electron chi connectivity index (χ4n) is 1.93. The molecule has 0 N–H and O–H groups in total. The normalized spacial score (nSPS) is 13.6. The maximum atomic E-state index is 3.53. The third kappa shape index (κ3) is 12.0. The summed E-state index contributed by atoms with van der Waals surface area (Å²) in [6.07, 6.45) is 17.3. The summed E-state index contributed by atoms with van der Waals surface area (Å²) in [5.74, 6) is 0. The summed E-state index contributed by atoms with van der Waals surface area (Å²) in [4.78, 5) is 0. The third-order valence-corrected chi connectivity index (χ3v) is 3.54. The van der Waals surface area contributed by atoms with Crippen LogP contribution >= 0.6 is 0 Å². The van der Waals surface area contributed by atoms with Crippen molar-refractivity contribution in [3.8, 4) is 0 Å². The van der Waals surface area contributed by atoms with Crippen LogP contribution in [0.2, 0.25) is 0 Å². The highest BCUT2D eigenvalue weighted by molar-refractivity contribution is 5.04. The molecular weight excluding hydrogens is 240 g/mol. The van der Waals surface area contributed by atoms with E-state index in [1.165, 1.54) is 35.1 Å². The first-order chi connectivity index (χ1) is 9.45. The van der Waals surface area contributed by atoms with Crippen molar-refractivity contribution in [1.29, 1.82) is 0 Å². The van der Waals surface area contributed by atoms with Gasteiger partial charge in [0.1, 0.15) is 0 Å². The van der Waals surface area contributed by atoms with Crippen LogP contribution in [0.25, 0.3) is 0 Å². The molecule has 0 aromatic rings. The lowest BCUT2D eigenvalue weighted by molar-refractivity contribution is 0.885. The van der Waals surface area contributed by atoms with Gasteiger partial charge in [-0.3, -0.25) is 0 Å². The molecule has 0 aliphatic heterocycles. The van der Waals surface area contributed by atoms with E-state index in [0.29, 0.717) is 0 Å². The Balaban J connectivity index is 3.91. The first kappa shape index (κ1) is 19.0. The first-order valence-corrected chi connectivity index (χ1v) is 7.92. The molecule has 0 unspecified atom stereocenters. The molecule has 113 valence electrons. The molecule has 0 nitrogen and oxygen atoms in total. The molecule has 0 aromatic carbocycles. The van der Waals surface area contributed by atoms with Gasteiger partial charge in [0.05, 0.1) is 0 Å². The Labute approximate surface area is 127 Å². The Bertz CT molecular complexity index is 371. The fourth-order valence-corrected chi connectivity index (χ4v) is 1.93. The van der Waals surface area contributed by atoms with Crippen molar-refractivity contribution in [2.45, 2.75) is 80.1 Å². The number of hydrogen-bond acceptors (Lipinski definition) is 0. The van der Waals surface area contributed by atoms with Crippen molar-refractivity contribution in [3.63, 3.8) is 0 Å². The van der Waals surface area contributed by atoms with E-state index in [-0.39, 0.29) is 0 Å². The molecule has 20 heavy (non-hydrogen) atoms. The third-order valence-electron chi connectivity index (χ3n) is 3.54. The number of rotatable bonds is 9. The van der Waals surface area contributed by atoms with Crippen molar-refractivity contribution in [3.05, 3.63) is 46.6 Å². The number of hydrogen-bond donors (Lipinski definition) is 0. The van der Waals surface area contributed by atoms with Gasteiger partial charge in [-0.15, -0.1) is 0 Å². The van der Waals surface area contributed by atoms with Crippen molar-refractivity contribution in [2.75, 3.05) is 0 Å². The molecule has 0 atom stereocenters. The van der Waals surface area contributed by atoms with E-state index in [9.17, 15) is 0 Å². The van der Waals surface area contributed by atoms with Gasteiger partial charge in [0.15, 0.2) is 0 Å². The maximum absolute atomic E-state index is 3.53. The fraction of sp³-hybridized carbons (Fsp3) is 0.600. The highest BCUT2D eigenvalue weighted by Crippen LogP contribution is 2.12. The highest BCUT2D eigenvalue weighted by atomic mass is 14.0. The molecule has 0 aromatic heterocycles. The standard InChI is InChI=1S/C20H33/c1-7-18(4)12-9-14-20(6)16-10-15-19(5)13-8-11-17(2)3/h7,11,14H,8-10,12-13,16H2,1-6H3/b18-7+,19-15?,20-14+. The van der Waals surface area contributed by atoms with E-state index >= 15 is 0 Å². The van der Waals surface area contributed by atoms with Crippen LogP contribution < -0.4 is 0 Å². The summed E-state index contributed by atoms with van der Waals surface area (Å²) in [5, 5.41) is 0. The largest absolute Gasteiger partial charge is 0.0887 e. The molecule has 0 rings (SSSR count). The molecule has 0 bridgehead atoms. The van der Waals surface area contributed by atoms with Crippen LogP contribution in [-0.4, -0.2) is 0 Å². The summed E-state index contributed by atoms with van der Waals surface area (Å²) in [6.45, 7) is 13.1. The lowest BCUT2D eigenvalue weighted by Gasteiger charge is -2.01. The summed E-state index contributed by atoms with van der Waals surface area (Å²) in [6, 6.07) is 0. The molecule has 0 amide bonds. The van der Waals surface area contributed by atoms with Gasteiger partial charge in [-0.1, -0.05) is 40.5 Å². The predicted molar refractivity (Wildman–Crippen MR) is 92.8 cm³/mol. The second-order valence-electron chi connectivity index (χ2n) is 6.00. The molecule has 0 heterocycles. The second-order valence-corrected chi connectivity index (χ2v) is 6.00. The van der Waals surface area contributed by atoms with Gasteiger partial charge in [0, 0.05) is 0 Å². The van der Waals surface area contributed by atoms with E-state index in [0.717, 1.165) is 25.7 Å². The van der Waals surface area contributed by atoms with Gasteiger partial charge >= 0.3 is 0 Å². The minimum atomic E-state index is 1.06. The molecule has 1 radical (unpaired) electrons. The average molecular weight is 273 g/mol. The van der Waals surface area contributed by atoms with E-state index in [1.54, 1.807) is 0 Å². The Morgan fingerprint density at radius 1 is 0.800 bits per heavy atom. The lowest BCUT2D eigenvalue weighted by atomic mass is 10.0. The molecular formula is C20H33. The van der Waals surface area contributed by atoms with Crippen LogP contribution in [0.15, 0.2) is 40.5 Å². The van der Waals surface area contributed by atoms with Gasteiger partial charge in [-0.25, -0.2) is 0 Å². The van der Waals surface area contributed by atoms with Crippen LogP contribution in [0.1, 0.15) is 80.1 Å². The maximum Gasteiger partial charge on any atom is -0.0239 e. The monoisotopic (exact) mass is 273 g/mol. The van der Waals surface area contributed by atoms with Gasteiger partial charge in [0.2, 0.25) is 0 Å². The van der Waals surface area contributed by atoms with Crippen LogP contribution in [0.3, 0.4) is 0 Å². The van der Waals surface area contributed by atoms with Crippen molar-refractivity contribution >= 4 is 0 Å². The minimum absolute atomic E-state index is 1.06. The SMILES string of the molecule is C/C=C(\C)CC/C=C(\C)CC/[C]=C(\C)CCC=C(C)C. The van der Waals surface area contributed by atoms with Crippen LogP contribution in [-0.2, 0) is 0 Å². The zero-order valence-corrected chi connectivity index (χ0v) is 14.5. The van der Waals surface area contributed by atoms with E-state index in [1.807, 2.05) is 0 Å². The Morgan fingerprint density at radius 3 is 2.05 bits per heavy atom. The van der Waals surface area contributed by atoms with E-state index in [2.05, 4.69) is 65.8 Å². The lowest BCUT2D eigenvalue weighted by Crippen LogP contribution is -1.82. The molecule has 0 aliphatic carbocycles. The van der Waals surface area contributed by atoms with E-state index in [4.69, 9.17) is 0 Å². The minimum Gasteiger partial charge on any atom is -0.0887 e. The van der Waals surface area contributed by atoms with Gasteiger partial charge in [-0.05, 0) is 86.1 Å². The molecule has 0 saturated heterocycles. The summed E-state index contributed by atoms with van der Waals surface area (Å²) >= 11 is 0. The Morgan fingerprint density at radius 2 is 1.45 bits per heavy atom. The van der Waals surface area contributed by atoms with Crippen molar-refractivity contribution in [1.82, 2.24) is 0 Å². The Kier molecular flexibility index (Phi) is 11.1. The van der Waals surface area contributed by atoms with Crippen molar-refractivity contribution in [2.24, 2.45) is 0 Å². The second kappa shape index (κ2) is 11.8. The molecule has 0 heteroatoms. The molecule has 0 aliphatic rings. The predicted octanol–water partition coefficient (Wildman–Crippen LogP) is 6.96. The van der Waals surface area contributed by atoms with Gasteiger partial charge in [0.25, 0.3) is 0 Å². The number of allylic oxidation sites excluding steroid dienone is 8. The zero-order valence-electron chi connectivity index (χ0n) is 14.5. The smallest absolute Gasteiger partial charge is 0.0239 e. The average Bonchev–Trinajstić information content (AvgIpc) is 2.38. The summed E-state index contributed by atoms with van der Waals surface area (Å²) in [7, 11) is 0. The van der Waals surface area contributed by atoms with Crippen LogP contribution in [0.5, 0.6) is 0 Å². The Hall–Kier alpha value is -1.04. The molecule has 0 saturated carbocycles. The first-order valence-electron chi connectivity index (χ1n) is 7.92.